The lowest BCUT2D eigenvalue weighted by Crippen LogP contribution is -2.37. The fourth-order valence-corrected chi connectivity index (χ4v) is 5.57. The van der Waals surface area contributed by atoms with Gasteiger partial charge in [-0.2, -0.15) is 0 Å². The lowest BCUT2D eigenvalue weighted by atomic mass is 10.1. The number of phosphoric acid groups is 1. The summed E-state index contributed by atoms with van der Waals surface area (Å²) in [5, 5.41) is 0. The van der Waals surface area contributed by atoms with Crippen LogP contribution in [0.4, 0.5) is 0 Å². The van der Waals surface area contributed by atoms with E-state index in [0.717, 1.165) is 51.4 Å². The van der Waals surface area contributed by atoms with Crippen LogP contribution in [0.2, 0.25) is 0 Å². The van der Waals surface area contributed by atoms with Crippen molar-refractivity contribution in [3.8, 4) is 0 Å². The molecule has 10 heteroatoms. The topological polar surface area (TPSA) is 108 Å². The highest BCUT2D eigenvalue weighted by Gasteiger charge is 2.27. The summed E-state index contributed by atoms with van der Waals surface area (Å²) >= 11 is 0. The Morgan fingerprint density at radius 3 is 1.63 bits per heavy atom. The molecule has 0 spiro atoms. The van der Waals surface area contributed by atoms with Gasteiger partial charge in [0.05, 0.1) is 27.7 Å². The van der Waals surface area contributed by atoms with Crippen molar-refractivity contribution in [2.45, 2.75) is 161 Å². The average molecular weight is 677 g/mol. The number of ether oxygens (including phenoxy) is 2. The van der Waals surface area contributed by atoms with Gasteiger partial charge in [-0.05, 0) is 38.5 Å². The van der Waals surface area contributed by atoms with Crippen molar-refractivity contribution in [3.05, 3.63) is 12.2 Å². The van der Waals surface area contributed by atoms with Gasteiger partial charge in [0.1, 0.15) is 19.8 Å². The molecule has 0 aromatic rings. The lowest BCUT2D eigenvalue weighted by molar-refractivity contribution is -0.870. The molecule has 0 aliphatic carbocycles. The number of carbonyl (C=O) groups is 2. The molecule has 0 radical (unpaired) electrons. The Labute approximate surface area is 282 Å². The van der Waals surface area contributed by atoms with Crippen molar-refractivity contribution in [1.29, 1.82) is 0 Å². The van der Waals surface area contributed by atoms with E-state index in [4.69, 9.17) is 18.5 Å². The fourth-order valence-electron chi connectivity index (χ4n) is 4.83. The predicted molar refractivity (Wildman–Crippen MR) is 188 cm³/mol. The molecule has 272 valence electrons. The van der Waals surface area contributed by atoms with E-state index in [2.05, 4.69) is 26.0 Å². The average Bonchev–Trinajstić information content (AvgIpc) is 2.99. The Bertz CT molecular complexity index is 814. The molecule has 0 saturated heterocycles. The second-order valence-corrected chi connectivity index (χ2v) is 15.1. The first kappa shape index (κ1) is 44.8. The predicted octanol–water partition coefficient (Wildman–Crippen LogP) is 9.46. The van der Waals surface area contributed by atoms with Crippen molar-refractivity contribution in [1.82, 2.24) is 0 Å². The Hall–Kier alpha value is -1.25. The van der Waals surface area contributed by atoms with Gasteiger partial charge in [0, 0.05) is 12.8 Å². The zero-order chi connectivity index (χ0) is 34.4. The summed E-state index contributed by atoms with van der Waals surface area (Å²) in [7, 11) is 1.47. The molecular formula is C36H71NO8P+. The first-order chi connectivity index (χ1) is 22.0. The minimum absolute atomic E-state index is 0.0325. The Kier molecular flexibility index (Phi) is 29.0. The summed E-state index contributed by atoms with van der Waals surface area (Å²) in [5.41, 5.74) is 0. The molecule has 0 saturated carbocycles. The number of allylic oxidation sites excluding steroid dienone is 2. The molecule has 46 heavy (non-hydrogen) atoms. The second-order valence-electron chi connectivity index (χ2n) is 13.6. The van der Waals surface area contributed by atoms with E-state index >= 15 is 0 Å². The smallest absolute Gasteiger partial charge is 0.462 e. The van der Waals surface area contributed by atoms with E-state index in [0.29, 0.717) is 23.9 Å². The molecule has 0 aromatic carbocycles. The number of hydrogen-bond donors (Lipinski definition) is 1. The van der Waals surface area contributed by atoms with Gasteiger partial charge in [-0.3, -0.25) is 18.6 Å². The number of rotatable bonds is 33. The largest absolute Gasteiger partial charge is 0.472 e. The molecule has 0 aromatic heterocycles. The molecule has 2 atom stereocenters. The zero-order valence-electron chi connectivity index (χ0n) is 30.3. The van der Waals surface area contributed by atoms with Crippen LogP contribution in [-0.4, -0.2) is 74.9 Å². The summed E-state index contributed by atoms with van der Waals surface area (Å²) < 4.78 is 34.0. The molecule has 1 unspecified atom stereocenters. The number of hydrogen-bond acceptors (Lipinski definition) is 7. The third-order valence-corrected chi connectivity index (χ3v) is 8.78. The van der Waals surface area contributed by atoms with E-state index in [-0.39, 0.29) is 25.6 Å². The van der Waals surface area contributed by atoms with Crippen LogP contribution in [0.1, 0.15) is 155 Å². The van der Waals surface area contributed by atoms with Crippen LogP contribution in [0.15, 0.2) is 12.2 Å². The van der Waals surface area contributed by atoms with Crippen LogP contribution in [0, 0.1) is 0 Å². The summed E-state index contributed by atoms with van der Waals surface area (Å²) in [4.78, 5) is 35.0. The highest BCUT2D eigenvalue weighted by molar-refractivity contribution is 7.47. The van der Waals surface area contributed by atoms with Crippen LogP contribution in [-0.2, 0) is 32.7 Å². The van der Waals surface area contributed by atoms with Crippen LogP contribution >= 0.6 is 7.82 Å². The number of unbranched alkanes of at least 4 members (excludes halogenated alkanes) is 17. The first-order valence-electron chi connectivity index (χ1n) is 18.4. The third kappa shape index (κ3) is 32.7. The normalized spacial score (nSPS) is 14.0. The SMILES string of the molecule is CCCCCC/C=C\CCCCCCCC(=O)O[C@H](COC(=O)CCCCCCCCCCC)COP(=O)(O)OCC[N+](C)(C)C. The maximum atomic E-state index is 12.6. The van der Waals surface area contributed by atoms with Gasteiger partial charge in [-0.15, -0.1) is 0 Å². The fraction of sp³-hybridized carbons (Fsp3) is 0.889. The van der Waals surface area contributed by atoms with Gasteiger partial charge in [0.25, 0.3) is 0 Å². The highest BCUT2D eigenvalue weighted by atomic mass is 31.2. The number of quaternary nitrogens is 1. The minimum Gasteiger partial charge on any atom is -0.462 e. The van der Waals surface area contributed by atoms with Gasteiger partial charge < -0.3 is 18.9 Å². The minimum atomic E-state index is -4.36. The molecule has 0 fully saturated rings. The van der Waals surface area contributed by atoms with Crippen LogP contribution < -0.4 is 0 Å². The Morgan fingerprint density at radius 2 is 1.11 bits per heavy atom. The van der Waals surface area contributed by atoms with Gasteiger partial charge >= 0.3 is 19.8 Å². The van der Waals surface area contributed by atoms with E-state index < -0.39 is 26.5 Å². The number of esters is 2. The van der Waals surface area contributed by atoms with Crippen molar-refractivity contribution >= 4 is 19.8 Å². The Morgan fingerprint density at radius 1 is 0.652 bits per heavy atom. The maximum Gasteiger partial charge on any atom is 0.472 e. The van der Waals surface area contributed by atoms with Crippen molar-refractivity contribution < 1.29 is 42.1 Å². The number of likely N-dealkylation sites (N-methyl/N-ethyl adjacent to an activating group) is 1. The molecule has 0 heterocycles. The van der Waals surface area contributed by atoms with E-state index in [9.17, 15) is 19.0 Å². The van der Waals surface area contributed by atoms with E-state index in [1.165, 1.54) is 70.6 Å². The summed E-state index contributed by atoms with van der Waals surface area (Å²) in [6.07, 6.45) is 26.9. The molecule has 0 rings (SSSR count). The molecule has 0 aliphatic rings. The van der Waals surface area contributed by atoms with Crippen LogP contribution in [0.25, 0.3) is 0 Å². The maximum absolute atomic E-state index is 12.6. The Balaban J connectivity index is 4.47. The van der Waals surface area contributed by atoms with Crippen LogP contribution in [0.5, 0.6) is 0 Å². The standard InChI is InChI=1S/C36H70NO8P/c1-6-8-10-12-14-16-17-18-19-21-23-25-27-29-36(39)45-34(33-44-46(40,41)43-31-30-37(3,4)5)32-42-35(38)28-26-24-22-20-15-13-11-9-7-2/h16-17,34H,6-15,18-33H2,1-5H3/p+1/b17-16-/t34-/m1/s1. The molecule has 0 aliphatic heterocycles. The van der Waals surface area contributed by atoms with Crippen molar-refractivity contribution in [2.24, 2.45) is 0 Å². The van der Waals surface area contributed by atoms with Gasteiger partial charge in [0.15, 0.2) is 6.10 Å². The molecular weight excluding hydrogens is 605 g/mol. The van der Waals surface area contributed by atoms with Crippen LogP contribution in [0.3, 0.4) is 0 Å². The zero-order valence-corrected chi connectivity index (χ0v) is 31.2. The number of carbonyl (C=O) groups excluding carboxylic acids is 2. The van der Waals surface area contributed by atoms with Crippen molar-refractivity contribution in [2.75, 3.05) is 47.5 Å². The number of phosphoric ester groups is 1. The summed E-state index contributed by atoms with van der Waals surface area (Å²) in [6, 6.07) is 0. The first-order valence-corrected chi connectivity index (χ1v) is 19.9. The van der Waals surface area contributed by atoms with Gasteiger partial charge in [0.2, 0.25) is 0 Å². The quantitative estimate of drug-likeness (QED) is 0.0241. The second kappa shape index (κ2) is 29.9. The summed E-state index contributed by atoms with van der Waals surface area (Å²) in [6.45, 7) is 4.36. The van der Waals surface area contributed by atoms with E-state index in [1.54, 1.807) is 0 Å². The third-order valence-electron chi connectivity index (χ3n) is 7.80. The van der Waals surface area contributed by atoms with Gasteiger partial charge in [-0.1, -0.05) is 116 Å². The number of nitrogens with zero attached hydrogens (tertiary/aromatic N) is 1. The lowest BCUT2D eigenvalue weighted by Gasteiger charge is -2.24. The van der Waals surface area contributed by atoms with Crippen molar-refractivity contribution in [3.63, 3.8) is 0 Å². The monoisotopic (exact) mass is 676 g/mol. The molecule has 9 nitrogen and oxygen atoms in total. The highest BCUT2D eigenvalue weighted by Crippen LogP contribution is 2.43. The molecule has 1 N–H and O–H groups in total. The summed E-state index contributed by atoms with van der Waals surface area (Å²) in [5.74, 6) is -0.810. The molecule has 0 amide bonds. The van der Waals surface area contributed by atoms with Gasteiger partial charge in [-0.25, -0.2) is 4.57 Å². The van der Waals surface area contributed by atoms with E-state index in [1.807, 2.05) is 21.1 Å². The molecule has 0 bridgehead atoms.